The highest BCUT2D eigenvalue weighted by Crippen LogP contribution is 2.18. The summed E-state index contributed by atoms with van der Waals surface area (Å²) >= 11 is 0. The standard InChI is InChI=1S/C16H27N5O/c1-3-17-16(19-8-11-22-2)20-13-14-6-7-18-15(12-14)21-9-4-5-10-21/h6-7,12H,3-5,8-11,13H2,1-2H3,(H2,17,19,20). The van der Waals surface area contributed by atoms with Gasteiger partial charge in [0.2, 0.25) is 0 Å². The monoisotopic (exact) mass is 305 g/mol. The number of methoxy groups -OCH3 is 1. The van der Waals surface area contributed by atoms with Gasteiger partial charge in [0.1, 0.15) is 5.82 Å². The Morgan fingerprint density at radius 1 is 1.36 bits per heavy atom. The summed E-state index contributed by atoms with van der Waals surface area (Å²) in [4.78, 5) is 11.4. The van der Waals surface area contributed by atoms with E-state index in [0.29, 0.717) is 13.2 Å². The Morgan fingerprint density at radius 3 is 2.91 bits per heavy atom. The zero-order chi connectivity index (χ0) is 15.6. The molecule has 0 spiro atoms. The van der Waals surface area contributed by atoms with Gasteiger partial charge in [-0.3, -0.25) is 0 Å². The molecule has 122 valence electrons. The normalized spacial score (nSPS) is 15.2. The van der Waals surface area contributed by atoms with Crippen molar-refractivity contribution < 1.29 is 4.74 Å². The number of nitrogens with zero attached hydrogens (tertiary/aromatic N) is 3. The van der Waals surface area contributed by atoms with Gasteiger partial charge in [-0.2, -0.15) is 0 Å². The second kappa shape index (κ2) is 9.25. The summed E-state index contributed by atoms with van der Waals surface area (Å²) in [5, 5.41) is 6.49. The summed E-state index contributed by atoms with van der Waals surface area (Å²) < 4.78 is 5.05. The van der Waals surface area contributed by atoms with E-state index in [9.17, 15) is 0 Å². The average molecular weight is 305 g/mol. The first-order chi connectivity index (χ1) is 10.8. The van der Waals surface area contributed by atoms with Gasteiger partial charge in [0.05, 0.1) is 13.2 Å². The van der Waals surface area contributed by atoms with E-state index in [-0.39, 0.29) is 0 Å². The summed E-state index contributed by atoms with van der Waals surface area (Å²) in [5.41, 5.74) is 1.18. The molecule has 0 aromatic carbocycles. The van der Waals surface area contributed by atoms with Crippen molar-refractivity contribution in [3.8, 4) is 0 Å². The maximum absolute atomic E-state index is 5.05. The van der Waals surface area contributed by atoms with Crippen molar-refractivity contribution >= 4 is 11.8 Å². The summed E-state index contributed by atoms with van der Waals surface area (Å²) in [7, 11) is 1.70. The molecular weight excluding hydrogens is 278 g/mol. The predicted octanol–water partition coefficient (Wildman–Crippen LogP) is 1.38. The first-order valence-corrected chi connectivity index (χ1v) is 8.04. The fourth-order valence-electron chi connectivity index (χ4n) is 2.46. The first kappa shape index (κ1) is 16.5. The van der Waals surface area contributed by atoms with E-state index in [2.05, 4.69) is 38.5 Å². The van der Waals surface area contributed by atoms with Gasteiger partial charge < -0.3 is 20.3 Å². The Bertz CT molecular complexity index is 471. The van der Waals surface area contributed by atoms with Gasteiger partial charge in [-0.25, -0.2) is 9.98 Å². The van der Waals surface area contributed by atoms with Crippen LogP contribution < -0.4 is 15.5 Å². The lowest BCUT2D eigenvalue weighted by Crippen LogP contribution is -2.38. The van der Waals surface area contributed by atoms with Crippen LogP contribution in [-0.4, -0.2) is 50.8 Å². The highest BCUT2D eigenvalue weighted by Gasteiger charge is 2.13. The van der Waals surface area contributed by atoms with E-state index >= 15 is 0 Å². The van der Waals surface area contributed by atoms with Gasteiger partial charge in [0.15, 0.2) is 5.96 Å². The van der Waals surface area contributed by atoms with Crippen molar-refractivity contribution in [2.75, 3.05) is 44.8 Å². The molecule has 0 aliphatic carbocycles. The molecule has 22 heavy (non-hydrogen) atoms. The zero-order valence-corrected chi connectivity index (χ0v) is 13.6. The molecule has 0 saturated carbocycles. The molecule has 0 radical (unpaired) electrons. The number of ether oxygens (including phenoxy) is 1. The number of aliphatic imine (C=N–C) groups is 1. The maximum Gasteiger partial charge on any atom is 0.191 e. The topological polar surface area (TPSA) is 61.8 Å². The molecule has 1 aromatic rings. The predicted molar refractivity (Wildman–Crippen MR) is 90.4 cm³/mol. The molecule has 1 aliphatic heterocycles. The van der Waals surface area contributed by atoms with Gasteiger partial charge >= 0.3 is 0 Å². The molecule has 2 heterocycles. The maximum atomic E-state index is 5.05. The van der Waals surface area contributed by atoms with Gasteiger partial charge in [0.25, 0.3) is 0 Å². The minimum absolute atomic E-state index is 0.645. The molecule has 0 unspecified atom stereocenters. The van der Waals surface area contributed by atoms with Crippen molar-refractivity contribution in [1.29, 1.82) is 0 Å². The summed E-state index contributed by atoms with van der Waals surface area (Å²) in [6.07, 6.45) is 4.40. The van der Waals surface area contributed by atoms with Crippen LogP contribution in [-0.2, 0) is 11.3 Å². The second-order valence-electron chi connectivity index (χ2n) is 5.33. The van der Waals surface area contributed by atoms with Crippen LogP contribution in [0, 0.1) is 0 Å². The van der Waals surface area contributed by atoms with E-state index < -0.39 is 0 Å². The van der Waals surface area contributed by atoms with Crippen molar-refractivity contribution in [3.05, 3.63) is 23.9 Å². The molecule has 1 aromatic heterocycles. The zero-order valence-electron chi connectivity index (χ0n) is 13.6. The third kappa shape index (κ3) is 5.18. The van der Waals surface area contributed by atoms with Gasteiger partial charge in [-0.15, -0.1) is 0 Å². The summed E-state index contributed by atoms with van der Waals surface area (Å²) in [6, 6.07) is 4.18. The minimum Gasteiger partial charge on any atom is -0.383 e. The Labute approximate surface area is 133 Å². The molecule has 2 N–H and O–H groups in total. The molecule has 0 atom stereocenters. The third-order valence-electron chi connectivity index (χ3n) is 3.60. The van der Waals surface area contributed by atoms with E-state index in [1.54, 1.807) is 7.11 Å². The largest absolute Gasteiger partial charge is 0.383 e. The number of anilines is 1. The number of hydrogen-bond donors (Lipinski definition) is 2. The Balaban J connectivity index is 1.95. The SMILES string of the molecule is CCNC(=NCc1ccnc(N2CCCC2)c1)NCCOC. The molecule has 0 amide bonds. The summed E-state index contributed by atoms with van der Waals surface area (Å²) in [5.74, 6) is 1.89. The van der Waals surface area contributed by atoms with Crippen LogP contribution in [0.2, 0.25) is 0 Å². The Hall–Kier alpha value is -1.82. The first-order valence-electron chi connectivity index (χ1n) is 8.04. The fourth-order valence-corrected chi connectivity index (χ4v) is 2.46. The summed E-state index contributed by atoms with van der Waals surface area (Å²) in [6.45, 7) is 7.18. The molecule has 6 heteroatoms. The van der Waals surface area contributed by atoms with E-state index in [1.165, 1.54) is 18.4 Å². The quantitative estimate of drug-likeness (QED) is 0.453. The Kier molecular flexibility index (Phi) is 6.96. The van der Waals surface area contributed by atoms with Gasteiger partial charge in [0, 0.05) is 39.5 Å². The van der Waals surface area contributed by atoms with Crippen LogP contribution in [0.3, 0.4) is 0 Å². The number of aromatic nitrogens is 1. The van der Waals surface area contributed by atoms with Crippen LogP contribution in [0.5, 0.6) is 0 Å². The molecule has 6 nitrogen and oxygen atoms in total. The van der Waals surface area contributed by atoms with E-state index in [1.807, 2.05) is 12.3 Å². The molecule has 2 rings (SSSR count). The lowest BCUT2D eigenvalue weighted by molar-refractivity contribution is 0.203. The van der Waals surface area contributed by atoms with Gasteiger partial charge in [-0.05, 0) is 37.5 Å². The van der Waals surface area contributed by atoms with Crippen molar-refractivity contribution in [1.82, 2.24) is 15.6 Å². The van der Waals surface area contributed by atoms with E-state index in [4.69, 9.17) is 4.74 Å². The molecular formula is C16H27N5O. The number of pyridine rings is 1. The second-order valence-corrected chi connectivity index (χ2v) is 5.33. The lowest BCUT2D eigenvalue weighted by Gasteiger charge is -2.16. The third-order valence-corrected chi connectivity index (χ3v) is 3.60. The minimum atomic E-state index is 0.645. The van der Waals surface area contributed by atoms with Crippen LogP contribution in [0.1, 0.15) is 25.3 Å². The fraction of sp³-hybridized carbons (Fsp3) is 0.625. The van der Waals surface area contributed by atoms with Crippen molar-refractivity contribution in [2.45, 2.75) is 26.3 Å². The Morgan fingerprint density at radius 2 is 2.18 bits per heavy atom. The molecule has 1 fully saturated rings. The van der Waals surface area contributed by atoms with Crippen LogP contribution in [0.15, 0.2) is 23.3 Å². The smallest absolute Gasteiger partial charge is 0.191 e. The number of hydrogen-bond acceptors (Lipinski definition) is 4. The number of rotatable bonds is 7. The molecule has 1 saturated heterocycles. The van der Waals surface area contributed by atoms with Crippen LogP contribution in [0.25, 0.3) is 0 Å². The number of nitrogens with one attached hydrogen (secondary N) is 2. The average Bonchev–Trinajstić information content (AvgIpc) is 3.07. The van der Waals surface area contributed by atoms with Crippen LogP contribution >= 0.6 is 0 Å². The lowest BCUT2D eigenvalue weighted by atomic mass is 10.2. The van der Waals surface area contributed by atoms with Crippen molar-refractivity contribution in [2.24, 2.45) is 4.99 Å². The van der Waals surface area contributed by atoms with E-state index in [0.717, 1.165) is 38.0 Å². The van der Waals surface area contributed by atoms with Crippen LogP contribution in [0.4, 0.5) is 5.82 Å². The highest BCUT2D eigenvalue weighted by atomic mass is 16.5. The molecule has 1 aliphatic rings. The van der Waals surface area contributed by atoms with Crippen molar-refractivity contribution in [3.63, 3.8) is 0 Å². The highest BCUT2D eigenvalue weighted by molar-refractivity contribution is 5.79. The van der Waals surface area contributed by atoms with Gasteiger partial charge in [-0.1, -0.05) is 0 Å². The molecule has 0 bridgehead atoms. The number of guanidine groups is 1.